The number of hydrogen-bond acceptors (Lipinski definition) is 6. The van der Waals surface area contributed by atoms with E-state index in [0.29, 0.717) is 13.2 Å². The molecule has 1 saturated heterocycles. The highest BCUT2D eigenvalue weighted by molar-refractivity contribution is 7.19. The van der Waals surface area contributed by atoms with Crippen LogP contribution in [0.25, 0.3) is 10.2 Å². The molecule has 1 atom stereocenters. The second-order valence-electron chi connectivity index (χ2n) is 8.88. The summed E-state index contributed by atoms with van der Waals surface area (Å²) in [7, 11) is 0. The van der Waals surface area contributed by atoms with Crippen molar-refractivity contribution >= 4 is 33.3 Å². The highest BCUT2D eigenvalue weighted by atomic mass is 32.1. The van der Waals surface area contributed by atoms with Gasteiger partial charge >= 0.3 is 5.97 Å². The zero-order chi connectivity index (χ0) is 21.9. The van der Waals surface area contributed by atoms with E-state index < -0.39 is 0 Å². The number of benzene rings is 1. The molecule has 1 aromatic carbocycles. The number of anilines is 1. The lowest BCUT2D eigenvalue weighted by Gasteiger charge is -2.33. The molecule has 2 aliphatic rings. The predicted molar refractivity (Wildman–Crippen MR) is 129 cm³/mol. The Bertz CT molecular complexity index is 1100. The monoisotopic (exact) mass is 449 g/mol. The molecular weight excluding hydrogens is 418 g/mol. The summed E-state index contributed by atoms with van der Waals surface area (Å²) in [5, 5.41) is 1.25. The fourth-order valence-electron chi connectivity index (χ4n) is 5.04. The van der Waals surface area contributed by atoms with Crippen molar-refractivity contribution < 1.29 is 9.53 Å². The topological polar surface area (TPSA) is 55.3 Å². The number of carbonyl (C=O) groups is 1. The van der Waals surface area contributed by atoms with Gasteiger partial charge in [0.25, 0.3) is 0 Å². The first kappa shape index (κ1) is 21.4. The summed E-state index contributed by atoms with van der Waals surface area (Å²) in [4.78, 5) is 27.6. The average molecular weight is 450 g/mol. The molecule has 1 aliphatic carbocycles. The minimum absolute atomic E-state index is 0.0702. The van der Waals surface area contributed by atoms with Crippen molar-refractivity contribution in [2.45, 2.75) is 58.3 Å². The van der Waals surface area contributed by atoms with Crippen molar-refractivity contribution in [3.63, 3.8) is 0 Å². The third-order valence-electron chi connectivity index (χ3n) is 6.66. The van der Waals surface area contributed by atoms with Gasteiger partial charge in [0.05, 0.1) is 17.9 Å². The smallest absolute Gasteiger partial charge is 0.310 e. The predicted octanol–water partition coefficient (Wildman–Crippen LogP) is 5.13. The highest BCUT2D eigenvalue weighted by Crippen LogP contribution is 2.40. The van der Waals surface area contributed by atoms with Gasteiger partial charge in [0, 0.05) is 24.4 Å². The Hall–Kier alpha value is -2.47. The molecule has 0 unspecified atom stereocenters. The number of piperidine rings is 1. The van der Waals surface area contributed by atoms with Gasteiger partial charge in [-0.3, -0.25) is 4.79 Å². The third kappa shape index (κ3) is 4.38. The molecule has 1 fully saturated rings. The van der Waals surface area contributed by atoms with E-state index in [9.17, 15) is 4.79 Å². The number of hydrogen-bond donors (Lipinski definition) is 0. The molecule has 0 saturated carbocycles. The molecule has 0 spiro atoms. The summed E-state index contributed by atoms with van der Waals surface area (Å²) in [6.07, 6.45) is 8.40. The van der Waals surface area contributed by atoms with Gasteiger partial charge in [-0.2, -0.15) is 0 Å². The summed E-state index contributed by atoms with van der Waals surface area (Å²) in [5.41, 5.74) is 2.77. The second kappa shape index (κ2) is 9.57. The summed E-state index contributed by atoms with van der Waals surface area (Å²) in [6.45, 7) is 3.94. The van der Waals surface area contributed by atoms with E-state index >= 15 is 0 Å². The number of ether oxygens (including phenoxy) is 1. The Balaban J connectivity index is 1.50. The number of esters is 1. The van der Waals surface area contributed by atoms with Crippen molar-refractivity contribution in [2.24, 2.45) is 5.92 Å². The van der Waals surface area contributed by atoms with Crippen LogP contribution in [-0.4, -0.2) is 35.6 Å². The number of rotatable bonds is 6. The van der Waals surface area contributed by atoms with Gasteiger partial charge in [-0.25, -0.2) is 9.97 Å². The number of thiophene rings is 1. The summed E-state index contributed by atoms with van der Waals surface area (Å²) < 4.78 is 5.34. The van der Waals surface area contributed by atoms with Gasteiger partial charge in [-0.15, -0.1) is 11.3 Å². The zero-order valence-corrected chi connectivity index (χ0v) is 19.6. The van der Waals surface area contributed by atoms with Crippen LogP contribution in [0.5, 0.6) is 0 Å². The Morgan fingerprint density at radius 2 is 1.97 bits per heavy atom. The van der Waals surface area contributed by atoms with Crippen LogP contribution in [0.2, 0.25) is 0 Å². The van der Waals surface area contributed by atoms with Crippen molar-refractivity contribution in [2.75, 3.05) is 24.6 Å². The maximum absolute atomic E-state index is 12.5. The van der Waals surface area contributed by atoms with E-state index in [1.54, 1.807) is 0 Å². The van der Waals surface area contributed by atoms with Crippen LogP contribution in [0.15, 0.2) is 30.3 Å². The largest absolute Gasteiger partial charge is 0.466 e. The summed E-state index contributed by atoms with van der Waals surface area (Å²) in [5.74, 6) is 1.81. The summed E-state index contributed by atoms with van der Waals surface area (Å²) in [6, 6.07) is 10.6. The Labute approximate surface area is 193 Å². The normalized spacial score (nSPS) is 18.5. The Morgan fingerprint density at radius 1 is 1.12 bits per heavy atom. The quantitative estimate of drug-likeness (QED) is 0.488. The molecular formula is C26H31N3O2S. The number of aromatic nitrogens is 2. The molecule has 1 aliphatic heterocycles. The molecule has 3 aromatic rings. The number of nitrogens with zero attached hydrogens (tertiary/aromatic N) is 3. The molecule has 0 bridgehead atoms. The maximum atomic E-state index is 12.5. The van der Waals surface area contributed by atoms with E-state index in [1.807, 2.05) is 18.3 Å². The molecule has 5 nitrogen and oxygen atoms in total. The van der Waals surface area contributed by atoms with Crippen LogP contribution in [0.3, 0.4) is 0 Å². The van der Waals surface area contributed by atoms with Crippen LogP contribution in [0.1, 0.15) is 54.4 Å². The molecule has 0 radical (unpaired) electrons. The molecule has 0 amide bonds. The van der Waals surface area contributed by atoms with Gasteiger partial charge < -0.3 is 9.64 Å². The van der Waals surface area contributed by atoms with Crippen molar-refractivity contribution in [3.8, 4) is 0 Å². The number of aryl methyl sites for hydroxylation is 4. The van der Waals surface area contributed by atoms with E-state index in [1.165, 1.54) is 34.2 Å². The standard InChI is InChI=1S/C26H31N3O2S/c1-2-31-26(30)19-11-8-16-29(17-19)24-23-20-12-6-7-13-21(20)32-25(23)28-22(27-24)15-14-18-9-4-3-5-10-18/h3-5,9-10,19H,2,6-8,11-17H2,1H3/t19-/m1/s1. The lowest BCUT2D eigenvalue weighted by atomic mass is 9.95. The number of carbonyl (C=O) groups excluding carboxylic acids is 1. The van der Waals surface area contributed by atoms with Crippen LogP contribution >= 0.6 is 11.3 Å². The van der Waals surface area contributed by atoms with Gasteiger partial charge in [-0.1, -0.05) is 30.3 Å². The van der Waals surface area contributed by atoms with E-state index in [4.69, 9.17) is 14.7 Å². The fourth-order valence-corrected chi connectivity index (χ4v) is 6.32. The van der Waals surface area contributed by atoms with Crippen LogP contribution < -0.4 is 4.90 Å². The van der Waals surface area contributed by atoms with Gasteiger partial charge in [-0.05, 0) is 63.0 Å². The van der Waals surface area contributed by atoms with Crippen molar-refractivity contribution in [1.29, 1.82) is 0 Å². The maximum Gasteiger partial charge on any atom is 0.310 e. The lowest BCUT2D eigenvalue weighted by molar-refractivity contribution is -0.148. The second-order valence-corrected chi connectivity index (χ2v) is 9.96. The van der Waals surface area contributed by atoms with Crippen LogP contribution in [0.4, 0.5) is 5.82 Å². The first-order chi connectivity index (χ1) is 15.7. The fraction of sp³-hybridized carbons (Fsp3) is 0.500. The zero-order valence-electron chi connectivity index (χ0n) is 18.8. The SMILES string of the molecule is CCOC(=O)[C@@H]1CCCN(c2nc(CCc3ccccc3)nc3sc4c(c23)CCCC4)C1. The van der Waals surface area contributed by atoms with E-state index in [0.717, 1.165) is 61.5 Å². The van der Waals surface area contributed by atoms with Crippen LogP contribution in [-0.2, 0) is 35.2 Å². The Kier molecular flexibility index (Phi) is 6.39. The Morgan fingerprint density at radius 3 is 2.81 bits per heavy atom. The van der Waals surface area contributed by atoms with Crippen molar-refractivity contribution in [1.82, 2.24) is 9.97 Å². The van der Waals surface area contributed by atoms with E-state index in [2.05, 4.69) is 35.2 Å². The first-order valence-electron chi connectivity index (χ1n) is 12.0. The van der Waals surface area contributed by atoms with Crippen LogP contribution in [0, 0.1) is 5.92 Å². The van der Waals surface area contributed by atoms with E-state index in [-0.39, 0.29) is 11.9 Å². The summed E-state index contributed by atoms with van der Waals surface area (Å²) >= 11 is 1.86. The first-order valence-corrected chi connectivity index (χ1v) is 12.8. The molecule has 2 aromatic heterocycles. The van der Waals surface area contributed by atoms with Gasteiger partial charge in [0.15, 0.2) is 0 Å². The minimum Gasteiger partial charge on any atom is -0.466 e. The van der Waals surface area contributed by atoms with Gasteiger partial charge in [0.1, 0.15) is 16.5 Å². The lowest BCUT2D eigenvalue weighted by Crippen LogP contribution is -2.40. The average Bonchev–Trinajstić information content (AvgIpc) is 3.21. The molecule has 0 N–H and O–H groups in total. The highest BCUT2D eigenvalue weighted by Gasteiger charge is 2.30. The third-order valence-corrected chi connectivity index (χ3v) is 7.85. The molecule has 168 valence electrons. The van der Waals surface area contributed by atoms with Crippen molar-refractivity contribution in [3.05, 3.63) is 52.2 Å². The minimum atomic E-state index is -0.0732. The molecule has 5 rings (SSSR count). The molecule has 32 heavy (non-hydrogen) atoms. The molecule has 3 heterocycles. The molecule has 6 heteroatoms. The number of fused-ring (bicyclic) bond motifs is 3. The van der Waals surface area contributed by atoms with Gasteiger partial charge in [0.2, 0.25) is 0 Å².